The van der Waals surface area contributed by atoms with Gasteiger partial charge in [-0.2, -0.15) is 5.10 Å². The van der Waals surface area contributed by atoms with Crippen LogP contribution in [-0.4, -0.2) is 74.4 Å². The SMILES string of the molecule is CC(=O)c1nn(CC(=O)N2C[C@H](F)C[C@H]2C(=O)Nc2cccc(Br)n2)c2ccc(-c3cnc(OC4=CS(=O)(=O)C=C4)nc3)cc12. The van der Waals surface area contributed by atoms with E-state index in [0.717, 1.165) is 10.8 Å². The number of hydrogen-bond donors (Lipinski definition) is 1. The average molecular weight is 697 g/mol. The summed E-state index contributed by atoms with van der Waals surface area (Å²) >= 11 is 3.23. The topological polar surface area (TPSA) is 166 Å². The number of fused-ring (bicyclic) bond motifs is 1. The molecule has 0 saturated carbocycles. The first kappa shape index (κ1) is 30.2. The van der Waals surface area contributed by atoms with Crippen molar-refractivity contribution in [3.63, 3.8) is 0 Å². The monoisotopic (exact) mass is 695 g/mol. The minimum atomic E-state index is -3.45. The van der Waals surface area contributed by atoms with E-state index in [-0.39, 0.29) is 48.6 Å². The van der Waals surface area contributed by atoms with Crippen LogP contribution in [0.3, 0.4) is 0 Å². The zero-order valence-electron chi connectivity index (χ0n) is 23.4. The third-order valence-electron chi connectivity index (χ3n) is 7.08. The third kappa shape index (κ3) is 6.51. The molecule has 2 atom stereocenters. The average Bonchev–Trinajstić information content (AvgIpc) is 3.67. The van der Waals surface area contributed by atoms with Crippen LogP contribution in [0.2, 0.25) is 0 Å². The standard InChI is InChI=1S/C29H23BrFN7O6S/c1-16(39)27-21-9-17(18-11-32-29(33-12-18)44-20-7-8-45(42,43)15-20)5-6-22(21)38(36-27)14-26(40)37-13-19(31)10-23(37)28(41)35-25-4-2-3-24(30)34-25/h2-9,11-12,15,19,23H,10,13-14H2,1H3,(H,34,35,41)/t19-,23+/m1/s1. The predicted molar refractivity (Wildman–Crippen MR) is 163 cm³/mol. The molecular formula is C29H23BrFN7O6S. The second-order valence-corrected chi connectivity index (χ2v) is 12.8. The van der Waals surface area contributed by atoms with Gasteiger partial charge < -0.3 is 15.0 Å². The Balaban J connectivity index is 1.22. The number of pyridine rings is 1. The summed E-state index contributed by atoms with van der Waals surface area (Å²) in [6, 6.07) is 8.98. The van der Waals surface area contributed by atoms with Gasteiger partial charge in [-0.05, 0) is 51.8 Å². The number of nitrogens with one attached hydrogen (secondary N) is 1. The number of aromatic nitrogens is 5. The minimum absolute atomic E-state index is 0.0547. The number of rotatable bonds is 8. The van der Waals surface area contributed by atoms with Crippen LogP contribution < -0.4 is 10.1 Å². The van der Waals surface area contributed by atoms with Crippen molar-refractivity contribution < 1.29 is 31.9 Å². The molecule has 2 aliphatic rings. The second-order valence-electron chi connectivity index (χ2n) is 10.3. The lowest BCUT2D eigenvalue weighted by Gasteiger charge is -2.23. The molecule has 0 unspecified atom stereocenters. The molecule has 1 N–H and O–H groups in total. The molecule has 0 radical (unpaired) electrons. The highest BCUT2D eigenvalue weighted by molar-refractivity contribution is 9.10. The van der Waals surface area contributed by atoms with Crippen LogP contribution in [0.15, 0.2) is 76.0 Å². The summed E-state index contributed by atoms with van der Waals surface area (Å²) in [5, 5.41) is 9.45. The number of carbonyl (C=O) groups is 3. The first-order chi connectivity index (χ1) is 21.5. The molecule has 2 amide bonds. The first-order valence-corrected chi connectivity index (χ1v) is 15.9. The normalized spacial score (nSPS) is 18.6. The fourth-order valence-corrected chi connectivity index (χ4v) is 6.23. The lowest BCUT2D eigenvalue weighted by molar-refractivity contribution is -0.137. The Morgan fingerprint density at radius 2 is 1.91 bits per heavy atom. The van der Waals surface area contributed by atoms with Gasteiger partial charge in [-0.15, -0.1) is 0 Å². The zero-order valence-corrected chi connectivity index (χ0v) is 25.8. The number of carbonyl (C=O) groups excluding carboxylic acids is 3. The van der Waals surface area contributed by atoms with Crippen LogP contribution >= 0.6 is 15.9 Å². The van der Waals surface area contributed by atoms with E-state index >= 15 is 0 Å². The number of ether oxygens (including phenoxy) is 1. The molecule has 0 aliphatic carbocycles. The summed E-state index contributed by atoms with van der Waals surface area (Å²) in [4.78, 5) is 52.6. The summed E-state index contributed by atoms with van der Waals surface area (Å²) in [5.74, 6) is -1.09. The molecule has 1 aromatic carbocycles. The highest BCUT2D eigenvalue weighted by atomic mass is 79.9. The van der Waals surface area contributed by atoms with Crippen LogP contribution in [-0.2, 0) is 26.0 Å². The Morgan fingerprint density at radius 1 is 1.13 bits per heavy atom. The van der Waals surface area contributed by atoms with Gasteiger partial charge in [0.25, 0.3) is 0 Å². The smallest absolute Gasteiger partial charge is 0.321 e. The number of Topliss-reactive ketones (excluding diaryl/α,β-unsaturated/α-hetero) is 1. The number of halogens is 2. The van der Waals surface area contributed by atoms with Crippen molar-refractivity contribution in [1.82, 2.24) is 29.6 Å². The van der Waals surface area contributed by atoms with E-state index in [2.05, 4.69) is 41.3 Å². The van der Waals surface area contributed by atoms with E-state index in [0.29, 0.717) is 26.6 Å². The van der Waals surface area contributed by atoms with Gasteiger partial charge in [-0.3, -0.25) is 19.1 Å². The lowest BCUT2D eigenvalue weighted by atomic mass is 10.0. The van der Waals surface area contributed by atoms with Gasteiger partial charge >= 0.3 is 6.01 Å². The summed E-state index contributed by atoms with van der Waals surface area (Å²) in [6.45, 7) is 0.769. The first-order valence-electron chi connectivity index (χ1n) is 13.5. The van der Waals surface area contributed by atoms with Crippen molar-refractivity contribution in [2.45, 2.75) is 32.1 Å². The van der Waals surface area contributed by atoms with E-state index in [1.807, 2.05) is 0 Å². The van der Waals surface area contributed by atoms with Crippen LogP contribution in [0.1, 0.15) is 23.8 Å². The van der Waals surface area contributed by atoms with Gasteiger partial charge in [0, 0.05) is 42.1 Å². The Labute approximate surface area is 263 Å². The molecule has 5 heterocycles. The van der Waals surface area contributed by atoms with Crippen molar-refractivity contribution >= 4 is 60.1 Å². The molecule has 6 rings (SSSR count). The number of ketones is 1. The second kappa shape index (κ2) is 11.9. The van der Waals surface area contributed by atoms with Gasteiger partial charge in [0.1, 0.15) is 40.6 Å². The van der Waals surface area contributed by atoms with Crippen LogP contribution in [0, 0.1) is 0 Å². The van der Waals surface area contributed by atoms with E-state index < -0.39 is 33.9 Å². The number of likely N-dealkylation sites (tertiary alicyclic amines) is 1. The number of allylic oxidation sites excluding steroid dienone is 1. The van der Waals surface area contributed by atoms with Gasteiger partial charge in [0.2, 0.25) is 11.8 Å². The summed E-state index contributed by atoms with van der Waals surface area (Å²) in [5.41, 5.74) is 1.82. The summed E-state index contributed by atoms with van der Waals surface area (Å²) in [7, 11) is -3.45. The number of nitrogens with zero attached hydrogens (tertiary/aromatic N) is 6. The van der Waals surface area contributed by atoms with Crippen molar-refractivity contribution in [2.24, 2.45) is 0 Å². The fraction of sp³-hybridized carbons (Fsp3) is 0.207. The zero-order chi connectivity index (χ0) is 31.9. The van der Waals surface area contributed by atoms with Gasteiger partial charge in [0.05, 0.1) is 17.5 Å². The number of benzene rings is 1. The molecule has 1 saturated heterocycles. The number of anilines is 1. The molecule has 0 spiro atoms. The van der Waals surface area contributed by atoms with Crippen molar-refractivity contribution in [3.8, 4) is 17.1 Å². The Morgan fingerprint density at radius 3 is 2.60 bits per heavy atom. The number of sulfone groups is 1. The maximum Gasteiger partial charge on any atom is 0.321 e. The quantitative estimate of drug-likeness (QED) is 0.213. The summed E-state index contributed by atoms with van der Waals surface area (Å²) in [6.07, 6.45) is 2.71. The van der Waals surface area contributed by atoms with E-state index in [1.165, 1.54) is 35.0 Å². The minimum Gasteiger partial charge on any atom is -0.424 e. The molecule has 230 valence electrons. The third-order valence-corrected chi connectivity index (χ3v) is 8.60. The number of hydrogen-bond acceptors (Lipinski definition) is 10. The molecule has 3 aromatic heterocycles. The van der Waals surface area contributed by atoms with Gasteiger partial charge in [0.15, 0.2) is 15.6 Å². The van der Waals surface area contributed by atoms with Crippen LogP contribution in [0.5, 0.6) is 6.01 Å². The van der Waals surface area contributed by atoms with Gasteiger partial charge in [-0.1, -0.05) is 12.1 Å². The number of amides is 2. The van der Waals surface area contributed by atoms with E-state index in [1.54, 1.807) is 36.4 Å². The molecule has 45 heavy (non-hydrogen) atoms. The maximum atomic E-state index is 14.5. The molecule has 1 fully saturated rings. The summed E-state index contributed by atoms with van der Waals surface area (Å²) < 4.78 is 44.8. The largest absolute Gasteiger partial charge is 0.424 e. The molecule has 13 nitrogen and oxygen atoms in total. The van der Waals surface area contributed by atoms with Crippen molar-refractivity contribution in [3.05, 3.63) is 81.7 Å². The van der Waals surface area contributed by atoms with E-state index in [4.69, 9.17) is 4.74 Å². The van der Waals surface area contributed by atoms with Gasteiger partial charge in [-0.25, -0.2) is 27.8 Å². The molecule has 2 aliphatic heterocycles. The van der Waals surface area contributed by atoms with Crippen molar-refractivity contribution in [2.75, 3.05) is 11.9 Å². The highest BCUT2D eigenvalue weighted by Crippen LogP contribution is 2.29. The van der Waals surface area contributed by atoms with E-state index in [9.17, 15) is 27.2 Å². The molecule has 4 aromatic rings. The molecular weight excluding hydrogens is 673 g/mol. The Kier molecular flexibility index (Phi) is 8.01. The predicted octanol–water partition coefficient (Wildman–Crippen LogP) is 3.59. The highest BCUT2D eigenvalue weighted by Gasteiger charge is 2.40. The van der Waals surface area contributed by atoms with Crippen molar-refractivity contribution in [1.29, 1.82) is 0 Å². The lowest BCUT2D eigenvalue weighted by Crippen LogP contribution is -2.44. The Hall–Kier alpha value is -4.83. The molecule has 16 heteroatoms. The fourth-order valence-electron chi connectivity index (χ4n) is 5.04. The van der Waals surface area contributed by atoms with Crippen LogP contribution in [0.4, 0.5) is 10.2 Å². The Bertz CT molecular complexity index is 2030. The number of alkyl halides is 1. The maximum absolute atomic E-state index is 14.5. The molecule has 0 bridgehead atoms. The van der Waals surface area contributed by atoms with Crippen LogP contribution in [0.25, 0.3) is 22.0 Å².